The molecule has 0 amide bonds. The average Bonchev–Trinajstić information content (AvgIpc) is 2.46. The van der Waals surface area contributed by atoms with E-state index in [9.17, 15) is 4.79 Å². The van der Waals surface area contributed by atoms with Crippen molar-refractivity contribution < 1.29 is 9.53 Å². The molecular weight excluding hydrogens is 240 g/mol. The number of rotatable bonds is 4. The third-order valence-electron chi connectivity index (χ3n) is 3.63. The molecule has 0 aliphatic carbocycles. The molecule has 1 fully saturated rings. The van der Waals surface area contributed by atoms with Gasteiger partial charge in [-0.1, -0.05) is 13.8 Å². The summed E-state index contributed by atoms with van der Waals surface area (Å²) < 4.78 is 5.70. The van der Waals surface area contributed by atoms with Gasteiger partial charge in [0, 0.05) is 13.0 Å². The van der Waals surface area contributed by atoms with Gasteiger partial charge in [0.05, 0.1) is 30.6 Å². The second-order valence-corrected chi connectivity index (χ2v) is 5.04. The molecule has 0 radical (unpaired) electrons. The van der Waals surface area contributed by atoms with Crippen molar-refractivity contribution in [3.63, 3.8) is 0 Å². The number of aromatic nitrogens is 1. The molecule has 1 aliphatic heterocycles. The fraction of sp³-hybridized carbons (Fsp3) is 0.600. The van der Waals surface area contributed by atoms with E-state index in [1.165, 1.54) is 0 Å². The molecule has 0 saturated carbocycles. The summed E-state index contributed by atoms with van der Waals surface area (Å²) in [7, 11) is 0. The van der Waals surface area contributed by atoms with Gasteiger partial charge >= 0.3 is 0 Å². The molecule has 0 N–H and O–H groups in total. The normalized spacial score (nSPS) is 23.4. The van der Waals surface area contributed by atoms with E-state index in [-0.39, 0.29) is 11.9 Å². The summed E-state index contributed by atoms with van der Waals surface area (Å²) in [6, 6.07) is 4.22. The van der Waals surface area contributed by atoms with Crippen LogP contribution in [0.1, 0.15) is 44.1 Å². The summed E-state index contributed by atoms with van der Waals surface area (Å²) in [6.07, 6.45) is 3.59. The molecule has 2 heterocycles. The first-order valence-electron chi connectivity index (χ1n) is 7.03. The molecule has 0 aromatic carbocycles. The Morgan fingerprint density at radius 3 is 2.84 bits per heavy atom. The molecule has 2 rings (SSSR count). The van der Waals surface area contributed by atoms with E-state index < -0.39 is 0 Å². The van der Waals surface area contributed by atoms with Gasteiger partial charge in [0.25, 0.3) is 0 Å². The van der Waals surface area contributed by atoms with Gasteiger partial charge in [-0.3, -0.25) is 9.78 Å². The lowest BCUT2D eigenvalue weighted by Gasteiger charge is -2.39. The van der Waals surface area contributed by atoms with Crippen molar-refractivity contribution in [2.45, 2.75) is 45.8 Å². The minimum Gasteiger partial charge on any atom is -0.375 e. The number of morpholine rings is 1. The standard InChI is InChI=1S/C15H22N2O2/c1-4-12-10-19-11(3)9-17(12)13-6-7-14(16-8-13)15(18)5-2/h6-8,11-12H,4-5,9-10H2,1-3H3. The van der Waals surface area contributed by atoms with E-state index in [4.69, 9.17) is 4.74 Å². The second-order valence-electron chi connectivity index (χ2n) is 5.04. The molecule has 4 heteroatoms. The summed E-state index contributed by atoms with van der Waals surface area (Å²) in [5.74, 6) is 0.0916. The van der Waals surface area contributed by atoms with E-state index in [1.54, 1.807) is 0 Å². The lowest BCUT2D eigenvalue weighted by Crippen LogP contribution is -2.48. The van der Waals surface area contributed by atoms with Gasteiger partial charge in [0.15, 0.2) is 5.78 Å². The molecule has 2 unspecified atom stereocenters. The highest BCUT2D eigenvalue weighted by atomic mass is 16.5. The molecule has 1 aliphatic rings. The van der Waals surface area contributed by atoms with Crippen LogP contribution in [0.2, 0.25) is 0 Å². The lowest BCUT2D eigenvalue weighted by molar-refractivity contribution is 0.0299. The van der Waals surface area contributed by atoms with E-state index >= 15 is 0 Å². The fourth-order valence-corrected chi connectivity index (χ4v) is 2.40. The third-order valence-corrected chi connectivity index (χ3v) is 3.63. The van der Waals surface area contributed by atoms with Crippen LogP contribution >= 0.6 is 0 Å². The fourth-order valence-electron chi connectivity index (χ4n) is 2.40. The smallest absolute Gasteiger partial charge is 0.180 e. The van der Waals surface area contributed by atoms with Crippen LogP contribution in [0.5, 0.6) is 0 Å². The number of nitrogens with zero attached hydrogens (tertiary/aromatic N) is 2. The van der Waals surface area contributed by atoms with Crippen molar-refractivity contribution in [2.75, 3.05) is 18.1 Å². The van der Waals surface area contributed by atoms with Crippen LogP contribution in [0.3, 0.4) is 0 Å². The highest BCUT2D eigenvalue weighted by Crippen LogP contribution is 2.23. The van der Waals surface area contributed by atoms with Crippen molar-refractivity contribution in [1.82, 2.24) is 4.98 Å². The number of hydrogen-bond acceptors (Lipinski definition) is 4. The maximum Gasteiger partial charge on any atom is 0.180 e. The Labute approximate surface area is 114 Å². The molecule has 1 aromatic rings. The monoisotopic (exact) mass is 262 g/mol. The molecule has 1 saturated heterocycles. The first-order valence-corrected chi connectivity index (χ1v) is 7.03. The van der Waals surface area contributed by atoms with Gasteiger partial charge in [-0.2, -0.15) is 0 Å². The summed E-state index contributed by atoms with van der Waals surface area (Å²) in [4.78, 5) is 18.2. The Morgan fingerprint density at radius 1 is 1.47 bits per heavy atom. The highest BCUT2D eigenvalue weighted by Gasteiger charge is 2.25. The van der Waals surface area contributed by atoms with E-state index in [0.717, 1.165) is 25.3 Å². The van der Waals surface area contributed by atoms with Gasteiger partial charge in [-0.05, 0) is 25.5 Å². The van der Waals surface area contributed by atoms with E-state index in [0.29, 0.717) is 18.2 Å². The first kappa shape index (κ1) is 14.0. The van der Waals surface area contributed by atoms with Crippen molar-refractivity contribution in [3.8, 4) is 0 Å². The Balaban J connectivity index is 2.17. The number of Topliss-reactive ketones (excluding diaryl/α,β-unsaturated/α-hetero) is 1. The van der Waals surface area contributed by atoms with Gasteiger partial charge in [0.1, 0.15) is 5.69 Å². The average molecular weight is 262 g/mol. The number of hydrogen-bond donors (Lipinski definition) is 0. The molecule has 19 heavy (non-hydrogen) atoms. The van der Waals surface area contributed by atoms with Gasteiger partial charge in [0.2, 0.25) is 0 Å². The first-order chi connectivity index (χ1) is 9.15. The second kappa shape index (κ2) is 6.15. The minimum atomic E-state index is 0.0916. The van der Waals surface area contributed by atoms with Crippen LogP contribution in [0, 0.1) is 0 Å². The number of pyridine rings is 1. The Hall–Kier alpha value is -1.42. The van der Waals surface area contributed by atoms with Gasteiger partial charge in [-0.25, -0.2) is 0 Å². The zero-order chi connectivity index (χ0) is 13.8. The predicted octanol–water partition coefficient (Wildman–Crippen LogP) is 2.68. The van der Waals surface area contributed by atoms with Crippen molar-refractivity contribution in [3.05, 3.63) is 24.0 Å². The summed E-state index contributed by atoms with van der Waals surface area (Å²) >= 11 is 0. The van der Waals surface area contributed by atoms with Crippen LogP contribution in [-0.2, 0) is 4.74 Å². The van der Waals surface area contributed by atoms with E-state index in [2.05, 4.69) is 23.7 Å². The Bertz CT molecular complexity index is 430. The van der Waals surface area contributed by atoms with Crippen LogP contribution in [0.4, 0.5) is 5.69 Å². The Kier molecular flexibility index (Phi) is 4.53. The number of ketones is 1. The number of anilines is 1. The van der Waals surface area contributed by atoms with Crippen molar-refractivity contribution in [2.24, 2.45) is 0 Å². The maximum absolute atomic E-state index is 11.6. The predicted molar refractivity (Wildman–Crippen MR) is 75.7 cm³/mol. The molecule has 4 nitrogen and oxygen atoms in total. The summed E-state index contributed by atoms with van der Waals surface area (Å²) in [5.41, 5.74) is 1.63. The number of carbonyl (C=O) groups excluding carboxylic acids is 1. The van der Waals surface area contributed by atoms with Gasteiger partial charge < -0.3 is 9.64 Å². The zero-order valence-electron chi connectivity index (χ0n) is 11.9. The molecular formula is C15H22N2O2. The van der Waals surface area contributed by atoms with Crippen LogP contribution < -0.4 is 4.90 Å². The Morgan fingerprint density at radius 2 is 2.26 bits per heavy atom. The molecule has 0 bridgehead atoms. The van der Waals surface area contributed by atoms with Crippen LogP contribution in [0.25, 0.3) is 0 Å². The minimum absolute atomic E-state index is 0.0916. The zero-order valence-corrected chi connectivity index (χ0v) is 11.9. The molecule has 104 valence electrons. The summed E-state index contributed by atoms with van der Waals surface area (Å²) in [5, 5.41) is 0. The maximum atomic E-state index is 11.6. The van der Waals surface area contributed by atoms with Crippen LogP contribution in [-0.4, -0.2) is 36.1 Å². The summed E-state index contributed by atoms with van der Waals surface area (Å²) in [6.45, 7) is 7.74. The van der Waals surface area contributed by atoms with Crippen molar-refractivity contribution in [1.29, 1.82) is 0 Å². The van der Waals surface area contributed by atoms with Crippen molar-refractivity contribution >= 4 is 11.5 Å². The third kappa shape index (κ3) is 3.13. The molecule has 2 atom stereocenters. The largest absolute Gasteiger partial charge is 0.375 e. The van der Waals surface area contributed by atoms with Gasteiger partial charge in [-0.15, -0.1) is 0 Å². The number of ether oxygens (including phenoxy) is 1. The van der Waals surface area contributed by atoms with Crippen LogP contribution in [0.15, 0.2) is 18.3 Å². The molecule has 1 aromatic heterocycles. The molecule has 0 spiro atoms. The SMILES string of the molecule is CCC(=O)c1ccc(N2CC(C)OCC2CC)cn1. The van der Waals surface area contributed by atoms with E-state index in [1.807, 2.05) is 25.3 Å². The number of carbonyl (C=O) groups is 1. The topological polar surface area (TPSA) is 42.4 Å². The quantitative estimate of drug-likeness (QED) is 0.782. The lowest BCUT2D eigenvalue weighted by atomic mass is 10.1. The highest BCUT2D eigenvalue weighted by molar-refractivity contribution is 5.94.